The number of nitrogen functional groups attached to an aromatic ring is 1. The predicted octanol–water partition coefficient (Wildman–Crippen LogP) is 0.810. The summed E-state index contributed by atoms with van der Waals surface area (Å²) in [6.45, 7) is 1.23. The Labute approximate surface area is 171 Å². The van der Waals surface area contributed by atoms with E-state index in [1.807, 2.05) is 0 Å². The van der Waals surface area contributed by atoms with E-state index in [1.54, 1.807) is 49.4 Å². The van der Waals surface area contributed by atoms with Gasteiger partial charge in [-0.15, -0.1) is 0 Å². The monoisotopic (exact) mass is 435 g/mol. The SMILES string of the molecule is C[C@@]1(c2ccc3c(N)ncnn23)O[C@H](COP(N)(=O)Oc2ccccc2)[C@@H](O)[C@H]1O. The highest BCUT2D eigenvalue weighted by atomic mass is 31.2. The molecule has 3 aromatic rings. The number of fused-ring (bicyclic) bond motifs is 1. The fourth-order valence-corrected chi connectivity index (χ4v) is 4.31. The first-order valence-electron chi connectivity index (χ1n) is 9.12. The van der Waals surface area contributed by atoms with Gasteiger partial charge in [0, 0.05) is 0 Å². The van der Waals surface area contributed by atoms with Crippen molar-refractivity contribution in [3.05, 3.63) is 54.5 Å². The summed E-state index contributed by atoms with van der Waals surface area (Å²) in [7, 11) is -3.98. The van der Waals surface area contributed by atoms with Crippen molar-refractivity contribution in [1.82, 2.24) is 14.6 Å². The van der Waals surface area contributed by atoms with E-state index >= 15 is 0 Å². The van der Waals surface area contributed by atoms with Crippen molar-refractivity contribution < 1.29 is 28.6 Å². The summed E-state index contributed by atoms with van der Waals surface area (Å²) in [5.74, 6) is 0.535. The van der Waals surface area contributed by atoms with Crippen LogP contribution in [0.3, 0.4) is 0 Å². The lowest BCUT2D eigenvalue weighted by Crippen LogP contribution is -2.39. The summed E-state index contributed by atoms with van der Waals surface area (Å²) >= 11 is 0. The molecule has 0 bridgehead atoms. The number of anilines is 1. The Kier molecular flexibility index (Phi) is 5.27. The lowest BCUT2D eigenvalue weighted by Gasteiger charge is -2.27. The van der Waals surface area contributed by atoms with Gasteiger partial charge in [0.2, 0.25) is 0 Å². The maximum absolute atomic E-state index is 12.4. The number of para-hydroxylation sites is 1. The second-order valence-corrected chi connectivity index (χ2v) is 8.62. The minimum Gasteiger partial charge on any atom is -0.413 e. The molecular weight excluding hydrogens is 413 g/mol. The molecule has 1 unspecified atom stereocenters. The maximum Gasteiger partial charge on any atom is 0.456 e. The number of nitrogens with zero attached hydrogens (tertiary/aromatic N) is 3. The van der Waals surface area contributed by atoms with Gasteiger partial charge in [0.25, 0.3) is 0 Å². The molecule has 0 amide bonds. The molecule has 4 rings (SSSR count). The average Bonchev–Trinajstić information content (AvgIpc) is 3.24. The van der Waals surface area contributed by atoms with E-state index < -0.39 is 31.7 Å². The smallest absolute Gasteiger partial charge is 0.413 e. The molecule has 0 aliphatic carbocycles. The molecule has 11 nitrogen and oxygen atoms in total. The van der Waals surface area contributed by atoms with E-state index in [-0.39, 0.29) is 18.2 Å². The number of nitrogens with two attached hydrogens (primary N) is 2. The van der Waals surface area contributed by atoms with Crippen LogP contribution in [-0.2, 0) is 19.4 Å². The molecule has 5 atom stereocenters. The summed E-state index contributed by atoms with van der Waals surface area (Å²) in [6.07, 6.45) is -2.41. The zero-order chi connectivity index (χ0) is 21.5. The largest absolute Gasteiger partial charge is 0.456 e. The normalized spacial score (nSPS) is 28.5. The van der Waals surface area contributed by atoms with Crippen molar-refractivity contribution >= 4 is 19.1 Å². The van der Waals surface area contributed by atoms with Crippen LogP contribution in [0, 0.1) is 0 Å². The fraction of sp³-hybridized carbons (Fsp3) is 0.333. The molecule has 0 radical (unpaired) electrons. The van der Waals surface area contributed by atoms with Crippen LogP contribution in [0.2, 0.25) is 0 Å². The average molecular weight is 435 g/mol. The molecule has 1 aliphatic heterocycles. The highest BCUT2D eigenvalue weighted by molar-refractivity contribution is 7.51. The summed E-state index contributed by atoms with van der Waals surface area (Å²) in [4.78, 5) is 3.92. The van der Waals surface area contributed by atoms with Gasteiger partial charge < -0.3 is 25.2 Å². The van der Waals surface area contributed by atoms with Gasteiger partial charge in [0.15, 0.2) is 5.82 Å². The van der Waals surface area contributed by atoms with Crippen LogP contribution in [0.5, 0.6) is 5.75 Å². The minimum atomic E-state index is -3.98. The Bertz CT molecular complexity index is 1100. The molecule has 0 spiro atoms. The summed E-state index contributed by atoms with van der Waals surface area (Å²) < 4.78 is 30.3. The molecule has 30 heavy (non-hydrogen) atoms. The third-order valence-corrected chi connectivity index (χ3v) is 6.02. The summed E-state index contributed by atoms with van der Waals surface area (Å²) in [6, 6.07) is 11.7. The van der Waals surface area contributed by atoms with Crippen molar-refractivity contribution in [1.29, 1.82) is 0 Å². The Morgan fingerprint density at radius 2 is 2.00 bits per heavy atom. The van der Waals surface area contributed by atoms with Crippen LogP contribution in [0.1, 0.15) is 12.6 Å². The van der Waals surface area contributed by atoms with E-state index in [0.717, 1.165) is 0 Å². The molecule has 1 fully saturated rings. The minimum absolute atomic E-state index is 0.259. The number of hydrogen-bond donors (Lipinski definition) is 4. The molecule has 1 aromatic carbocycles. The Hall–Kier alpha value is -2.53. The van der Waals surface area contributed by atoms with Crippen LogP contribution in [-0.4, -0.2) is 49.7 Å². The van der Waals surface area contributed by atoms with E-state index in [1.165, 1.54) is 10.8 Å². The third kappa shape index (κ3) is 3.67. The molecule has 160 valence electrons. The number of aliphatic hydroxyl groups is 2. The zero-order valence-corrected chi connectivity index (χ0v) is 16.9. The fourth-order valence-electron chi connectivity index (χ4n) is 3.49. The highest BCUT2D eigenvalue weighted by Crippen LogP contribution is 2.44. The van der Waals surface area contributed by atoms with Gasteiger partial charge in [0.05, 0.1) is 12.3 Å². The predicted molar refractivity (Wildman–Crippen MR) is 106 cm³/mol. The van der Waals surface area contributed by atoms with E-state index in [9.17, 15) is 14.8 Å². The van der Waals surface area contributed by atoms with Crippen molar-refractivity contribution in [2.75, 3.05) is 12.3 Å². The van der Waals surface area contributed by atoms with Gasteiger partial charge >= 0.3 is 7.75 Å². The van der Waals surface area contributed by atoms with Gasteiger partial charge in [-0.25, -0.2) is 19.6 Å². The lowest BCUT2D eigenvalue weighted by atomic mass is 9.93. The molecule has 1 saturated heterocycles. The van der Waals surface area contributed by atoms with Crippen molar-refractivity contribution in [2.24, 2.45) is 5.50 Å². The first kappa shape index (κ1) is 20.7. The highest BCUT2D eigenvalue weighted by Gasteiger charge is 2.54. The van der Waals surface area contributed by atoms with E-state index in [2.05, 4.69) is 10.1 Å². The van der Waals surface area contributed by atoms with Gasteiger partial charge in [-0.1, -0.05) is 18.2 Å². The molecule has 1 aliphatic rings. The first-order chi connectivity index (χ1) is 14.2. The molecule has 3 heterocycles. The van der Waals surface area contributed by atoms with Crippen LogP contribution in [0.15, 0.2) is 48.8 Å². The molecular formula is C18H22N5O6P. The number of aromatic nitrogens is 3. The topological polar surface area (TPSA) is 167 Å². The van der Waals surface area contributed by atoms with Crippen LogP contribution in [0.4, 0.5) is 5.82 Å². The maximum atomic E-state index is 12.4. The van der Waals surface area contributed by atoms with Gasteiger partial charge in [-0.05, 0) is 31.2 Å². The number of aliphatic hydroxyl groups excluding tert-OH is 2. The lowest BCUT2D eigenvalue weighted by molar-refractivity contribution is -0.0872. The van der Waals surface area contributed by atoms with Crippen LogP contribution in [0.25, 0.3) is 5.52 Å². The Morgan fingerprint density at radius 3 is 2.73 bits per heavy atom. The number of hydrogen-bond acceptors (Lipinski definition) is 9. The Morgan fingerprint density at radius 1 is 1.27 bits per heavy atom. The summed E-state index contributed by atoms with van der Waals surface area (Å²) in [5.41, 5.74) is 11.1. The number of benzene rings is 1. The molecule has 12 heteroatoms. The first-order valence-corrected chi connectivity index (χ1v) is 10.7. The molecule has 2 aromatic heterocycles. The Balaban J connectivity index is 1.51. The number of ether oxygens (including phenoxy) is 1. The third-order valence-electron chi connectivity index (χ3n) is 5.05. The summed E-state index contributed by atoms with van der Waals surface area (Å²) in [5, 5.41) is 25.4. The second-order valence-electron chi connectivity index (χ2n) is 7.10. The van der Waals surface area contributed by atoms with Crippen molar-refractivity contribution in [2.45, 2.75) is 30.8 Å². The van der Waals surface area contributed by atoms with Gasteiger partial charge in [0.1, 0.15) is 41.5 Å². The second kappa shape index (κ2) is 7.62. The molecule has 6 N–H and O–H groups in total. The van der Waals surface area contributed by atoms with Crippen molar-refractivity contribution in [3.63, 3.8) is 0 Å². The number of rotatable bonds is 6. The van der Waals surface area contributed by atoms with Gasteiger partial charge in [-0.3, -0.25) is 4.52 Å². The zero-order valence-electron chi connectivity index (χ0n) is 16.0. The van der Waals surface area contributed by atoms with Crippen molar-refractivity contribution in [3.8, 4) is 5.75 Å². The van der Waals surface area contributed by atoms with E-state index in [4.69, 9.17) is 25.0 Å². The van der Waals surface area contributed by atoms with Crippen LogP contribution < -0.4 is 15.8 Å². The quantitative estimate of drug-likeness (QED) is 0.407. The van der Waals surface area contributed by atoms with Gasteiger partial charge in [-0.2, -0.15) is 5.10 Å². The van der Waals surface area contributed by atoms with Crippen LogP contribution >= 0.6 is 7.75 Å². The van der Waals surface area contributed by atoms with E-state index in [0.29, 0.717) is 11.2 Å². The standard InChI is InChI=1S/C18H22N5O6P/c1-18(14-8-7-12-17(19)21-10-22-23(12)14)16(25)15(24)13(28-18)9-27-30(20,26)29-11-5-3-2-4-6-11/h2-8,10,13,15-16,24-25H,9H2,1H3,(H2,20,26)(H2,19,21,22)/t13-,15-,16-,18+,30?/m1/s1. The molecule has 0 saturated carbocycles.